The zero-order valence-electron chi connectivity index (χ0n) is 11.9. The lowest BCUT2D eigenvalue weighted by molar-refractivity contribution is -0.143. The van der Waals surface area contributed by atoms with Crippen molar-refractivity contribution >= 4 is 18.4 Å². The second kappa shape index (κ2) is 8.12. The van der Waals surface area contributed by atoms with Crippen molar-refractivity contribution in [2.75, 3.05) is 20.8 Å². The molecule has 1 N–H and O–H groups in total. The molecule has 1 fully saturated rings. The van der Waals surface area contributed by atoms with Crippen LogP contribution >= 0.6 is 12.4 Å². The molecule has 1 aromatic rings. The van der Waals surface area contributed by atoms with Crippen LogP contribution in [0.25, 0.3) is 0 Å². The van der Waals surface area contributed by atoms with Gasteiger partial charge >= 0.3 is 5.97 Å². The smallest absolute Gasteiger partial charge is 0.314 e. The first-order valence-electron chi connectivity index (χ1n) is 6.71. The number of nitrogens with one attached hydrogen (secondary N) is 1. The lowest BCUT2D eigenvalue weighted by Crippen LogP contribution is -2.42. The summed E-state index contributed by atoms with van der Waals surface area (Å²) in [5.41, 5.74) is 0.950. The monoisotopic (exact) mass is 299 g/mol. The number of rotatable bonds is 4. The summed E-state index contributed by atoms with van der Waals surface area (Å²) in [4.78, 5) is 12.1. The number of hydrogen-bond donors (Lipinski definition) is 1. The maximum absolute atomic E-state index is 12.1. The van der Waals surface area contributed by atoms with Crippen molar-refractivity contribution in [2.45, 2.75) is 31.2 Å². The lowest BCUT2D eigenvalue weighted by Gasteiger charge is -2.30. The van der Waals surface area contributed by atoms with E-state index in [1.54, 1.807) is 7.11 Å². The number of benzene rings is 1. The third kappa shape index (κ3) is 3.87. The summed E-state index contributed by atoms with van der Waals surface area (Å²) in [6.45, 7) is 0.960. The van der Waals surface area contributed by atoms with Gasteiger partial charge in [-0.2, -0.15) is 0 Å². The SMILES string of the molecule is COC(=O)[C@@H](c1cccc(OC)c1)[C@@H]1CCCCN1.Cl. The Hall–Kier alpha value is -1.26. The van der Waals surface area contributed by atoms with Crippen LogP contribution in [-0.2, 0) is 9.53 Å². The summed E-state index contributed by atoms with van der Waals surface area (Å²) in [7, 11) is 3.07. The Labute approximate surface area is 126 Å². The van der Waals surface area contributed by atoms with Crippen molar-refractivity contribution in [3.05, 3.63) is 29.8 Å². The summed E-state index contributed by atoms with van der Waals surface area (Å²) in [6.07, 6.45) is 3.31. The summed E-state index contributed by atoms with van der Waals surface area (Å²) >= 11 is 0. The van der Waals surface area contributed by atoms with Gasteiger partial charge in [0.25, 0.3) is 0 Å². The van der Waals surface area contributed by atoms with E-state index in [0.717, 1.165) is 30.7 Å². The van der Waals surface area contributed by atoms with E-state index < -0.39 is 0 Å². The highest BCUT2D eigenvalue weighted by molar-refractivity contribution is 5.85. The van der Waals surface area contributed by atoms with Crippen molar-refractivity contribution in [1.82, 2.24) is 5.32 Å². The van der Waals surface area contributed by atoms with Gasteiger partial charge < -0.3 is 14.8 Å². The maximum atomic E-state index is 12.1. The molecule has 20 heavy (non-hydrogen) atoms. The van der Waals surface area contributed by atoms with Crippen LogP contribution < -0.4 is 10.1 Å². The highest BCUT2D eigenvalue weighted by Crippen LogP contribution is 2.28. The molecule has 1 aliphatic rings. The highest BCUT2D eigenvalue weighted by Gasteiger charge is 2.31. The molecule has 2 atom stereocenters. The molecule has 4 nitrogen and oxygen atoms in total. The third-order valence-electron chi connectivity index (χ3n) is 3.66. The van der Waals surface area contributed by atoms with E-state index in [1.165, 1.54) is 13.5 Å². The minimum atomic E-state index is -0.264. The van der Waals surface area contributed by atoms with E-state index in [4.69, 9.17) is 9.47 Å². The molecule has 0 amide bonds. The molecule has 5 heteroatoms. The first-order chi connectivity index (χ1) is 9.26. The van der Waals surface area contributed by atoms with Crippen molar-refractivity contribution in [3.8, 4) is 5.75 Å². The van der Waals surface area contributed by atoms with Crippen LogP contribution in [0.2, 0.25) is 0 Å². The highest BCUT2D eigenvalue weighted by atomic mass is 35.5. The van der Waals surface area contributed by atoms with Crippen molar-refractivity contribution in [1.29, 1.82) is 0 Å². The summed E-state index contributed by atoms with van der Waals surface area (Å²) in [5.74, 6) is 0.315. The lowest BCUT2D eigenvalue weighted by atomic mass is 9.86. The number of carbonyl (C=O) groups is 1. The van der Waals surface area contributed by atoms with Crippen LogP contribution in [0.5, 0.6) is 5.75 Å². The normalized spacial score (nSPS) is 19.6. The van der Waals surface area contributed by atoms with E-state index in [1.807, 2.05) is 24.3 Å². The van der Waals surface area contributed by atoms with E-state index in [2.05, 4.69) is 5.32 Å². The fourth-order valence-corrected chi connectivity index (χ4v) is 2.66. The van der Waals surface area contributed by atoms with Crippen molar-refractivity contribution < 1.29 is 14.3 Å². The summed E-state index contributed by atoms with van der Waals surface area (Å²) in [5, 5.41) is 3.43. The Kier molecular flexibility index (Phi) is 6.82. The van der Waals surface area contributed by atoms with Gasteiger partial charge in [0.2, 0.25) is 0 Å². The molecule has 112 valence electrons. The van der Waals surface area contributed by atoms with Gasteiger partial charge in [-0.15, -0.1) is 12.4 Å². The van der Waals surface area contributed by atoms with Gasteiger partial charge in [0.05, 0.1) is 20.1 Å². The van der Waals surface area contributed by atoms with E-state index in [0.29, 0.717) is 0 Å². The van der Waals surface area contributed by atoms with Gasteiger partial charge in [0, 0.05) is 6.04 Å². The van der Waals surface area contributed by atoms with Crippen LogP contribution in [0.3, 0.4) is 0 Å². The summed E-state index contributed by atoms with van der Waals surface area (Å²) in [6, 6.07) is 7.81. The molecule has 1 saturated heterocycles. The van der Waals surface area contributed by atoms with Gasteiger partial charge in [0.1, 0.15) is 5.75 Å². The minimum absolute atomic E-state index is 0. The number of piperidine rings is 1. The topological polar surface area (TPSA) is 47.6 Å². The van der Waals surface area contributed by atoms with Gasteiger partial charge in [-0.3, -0.25) is 4.79 Å². The largest absolute Gasteiger partial charge is 0.497 e. The van der Waals surface area contributed by atoms with Crippen molar-refractivity contribution in [3.63, 3.8) is 0 Å². The number of carbonyl (C=O) groups excluding carboxylic acids is 1. The molecule has 0 aromatic heterocycles. The second-order valence-corrected chi connectivity index (χ2v) is 4.83. The Morgan fingerprint density at radius 3 is 2.75 bits per heavy atom. The van der Waals surface area contributed by atoms with Gasteiger partial charge in [-0.05, 0) is 37.1 Å². The van der Waals surface area contributed by atoms with E-state index in [-0.39, 0.29) is 30.3 Å². The number of halogens is 1. The molecule has 0 spiro atoms. The van der Waals surface area contributed by atoms with Crippen molar-refractivity contribution in [2.24, 2.45) is 0 Å². The molecule has 0 saturated carbocycles. The predicted molar refractivity (Wildman–Crippen MR) is 80.6 cm³/mol. The Morgan fingerprint density at radius 1 is 1.35 bits per heavy atom. The average molecular weight is 300 g/mol. The molecule has 1 aliphatic heterocycles. The number of hydrogen-bond acceptors (Lipinski definition) is 4. The van der Waals surface area contributed by atoms with Crippen LogP contribution in [0.1, 0.15) is 30.7 Å². The minimum Gasteiger partial charge on any atom is -0.497 e. The van der Waals surface area contributed by atoms with E-state index in [9.17, 15) is 4.79 Å². The molecule has 0 radical (unpaired) electrons. The van der Waals surface area contributed by atoms with E-state index >= 15 is 0 Å². The van der Waals surface area contributed by atoms with Gasteiger partial charge in [-0.25, -0.2) is 0 Å². The fraction of sp³-hybridized carbons (Fsp3) is 0.533. The van der Waals surface area contributed by atoms with Crippen LogP contribution in [0, 0.1) is 0 Å². The Morgan fingerprint density at radius 2 is 2.15 bits per heavy atom. The van der Waals surface area contributed by atoms with Gasteiger partial charge in [-0.1, -0.05) is 18.6 Å². The molecule has 0 unspecified atom stereocenters. The molecule has 0 aliphatic carbocycles. The molecule has 2 rings (SSSR count). The Balaban J connectivity index is 0.00000200. The van der Waals surface area contributed by atoms with Gasteiger partial charge in [0.15, 0.2) is 0 Å². The molecular weight excluding hydrogens is 278 g/mol. The van der Waals surface area contributed by atoms with Crippen LogP contribution in [-0.4, -0.2) is 32.8 Å². The molecule has 1 heterocycles. The molecular formula is C15H22ClNO3. The quantitative estimate of drug-likeness (QED) is 0.868. The number of esters is 1. The summed E-state index contributed by atoms with van der Waals surface area (Å²) < 4.78 is 10.2. The number of ether oxygens (including phenoxy) is 2. The first-order valence-corrected chi connectivity index (χ1v) is 6.71. The third-order valence-corrected chi connectivity index (χ3v) is 3.66. The van der Waals surface area contributed by atoms with Crippen LogP contribution in [0.4, 0.5) is 0 Å². The average Bonchev–Trinajstić information content (AvgIpc) is 2.48. The zero-order chi connectivity index (χ0) is 13.7. The molecule has 0 bridgehead atoms. The first kappa shape index (κ1) is 16.8. The maximum Gasteiger partial charge on any atom is 0.314 e. The van der Waals surface area contributed by atoms with Crippen LogP contribution in [0.15, 0.2) is 24.3 Å². The predicted octanol–water partition coefficient (Wildman–Crippen LogP) is 2.52. The number of methoxy groups -OCH3 is 2. The molecule has 1 aromatic carbocycles. The fourth-order valence-electron chi connectivity index (χ4n) is 2.66. The second-order valence-electron chi connectivity index (χ2n) is 4.83. The zero-order valence-corrected chi connectivity index (χ0v) is 12.7. The standard InChI is InChI=1S/C15H21NO3.ClH/c1-18-12-7-5-6-11(10-12)14(15(17)19-2)13-8-3-4-9-16-13;/h5-7,10,13-14,16H,3-4,8-9H2,1-2H3;1H/t13-,14-;/m0./s1. The Bertz CT molecular complexity index is 433.